The Kier molecular flexibility index (Phi) is 4.24. The van der Waals surface area contributed by atoms with Crippen LogP contribution in [0.2, 0.25) is 0 Å². The molecule has 9 rings (SSSR count). The van der Waals surface area contributed by atoms with Crippen molar-refractivity contribution in [3.05, 3.63) is 127 Å². The molecule has 9 aromatic rings. The van der Waals surface area contributed by atoms with Gasteiger partial charge in [-0.3, -0.25) is 0 Å². The van der Waals surface area contributed by atoms with Gasteiger partial charge in [0, 0.05) is 52.9 Å². The molecule has 3 aromatic heterocycles. The Morgan fingerprint density at radius 2 is 1.23 bits per heavy atom. The summed E-state index contributed by atoms with van der Waals surface area (Å²) in [5.41, 5.74) is 8.55. The summed E-state index contributed by atoms with van der Waals surface area (Å²) < 4.78 is 5.05. The van der Waals surface area contributed by atoms with Crippen LogP contribution in [0.3, 0.4) is 0 Å². The number of aromatic amines is 1. The smallest absolute Gasteiger partial charge is 0.0559 e. The van der Waals surface area contributed by atoms with E-state index >= 15 is 0 Å². The highest BCUT2D eigenvalue weighted by molar-refractivity contribution is 7.26. The lowest BCUT2D eigenvalue weighted by molar-refractivity contribution is 1.18. The number of nitrogens with one attached hydrogen (secondary N) is 1. The number of nitrogens with zero attached hydrogens (tertiary/aromatic N) is 1. The molecule has 0 bridgehead atoms. The summed E-state index contributed by atoms with van der Waals surface area (Å²) in [4.78, 5) is 3.74. The van der Waals surface area contributed by atoms with E-state index in [9.17, 15) is 0 Å². The van der Waals surface area contributed by atoms with E-state index in [0.29, 0.717) is 0 Å². The first-order valence-corrected chi connectivity index (χ1v) is 14.1. The van der Waals surface area contributed by atoms with Gasteiger partial charge in [-0.1, -0.05) is 84.9 Å². The van der Waals surface area contributed by atoms with Gasteiger partial charge in [-0.2, -0.15) is 0 Å². The number of fused-ring (bicyclic) bond motifs is 10. The number of thiophene rings is 1. The Balaban J connectivity index is 1.34. The van der Waals surface area contributed by atoms with Crippen molar-refractivity contribution in [3.63, 3.8) is 0 Å². The molecule has 0 amide bonds. The fourth-order valence-electron chi connectivity index (χ4n) is 6.36. The van der Waals surface area contributed by atoms with Crippen LogP contribution in [0.5, 0.6) is 0 Å². The fourth-order valence-corrected chi connectivity index (χ4v) is 7.49. The third-order valence-electron chi connectivity index (χ3n) is 8.14. The first-order chi connectivity index (χ1) is 19.3. The van der Waals surface area contributed by atoms with Crippen LogP contribution in [0.15, 0.2) is 127 Å². The predicted molar refractivity (Wildman–Crippen MR) is 168 cm³/mol. The Morgan fingerprint density at radius 3 is 2.10 bits per heavy atom. The van der Waals surface area contributed by atoms with Crippen molar-refractivity contribution < 1.29 is 0 Å². The summed E-state index contributed by atoms with van der Waals surface area (Å²) in [5, 5.41) is 7.79. The molecule has 0 spiro atoms. The topological polar surface area (TPSA) is 20.7 Å². The molecule has 0 aliphatic heterocycles. The fraction of sp³-hybridized carbons (Fsp3) is 0. The number of para-hydroxylation sites is 2. The zero-order valence-electron chi connectivity index (χ0n) is 21.0. The van der Waals surface area contributed by atoms with Gasteiger partial charge in [0.05, 0.1) is 16.6 Å². The van der Waals surface area contributed by atoms with E-state index in [4.69, 9.17) is 0 Å². The third-order valence-corrected chi connectivity index (χ3v) is 9.26. The molecule has 0 atom stereocenters. The Hall–Kier alpha value is -4.86. The first kappa shape index (κ1) is 21.1. The molecule has 0 unspecified atom stereocenters. The number of hydrogen-bond donors (Lipinski definition) is 1. The molecule has 6 aromatic carbocycles. The number of rotatable bonds is 2. The minimum atomic E-state index is 1.18. The van der Waals surface area contributed by atoms with E-state index in [2.05, 4.69) is 137 Å². The summed E-state index contributed by atoms with van der Waals surface area (Å²) in [6.45, 7) is 0. The largest absolute Gasteiger partial charge is 0.354 e. The molecular formula is C36H22N2S. The normalized spacial score (nSPS) is 12.1. The van der Waals surface area contributed by atoms with Gasteiger partial charge in [-0.25, -0.2) is 0 Å². The average molecular weight is 515 g/mol. The van der Waals surface area contributed by atoms with Gasteiger partial charge in [0.1, 0.15) is 0 Å². The first-order valence-electron chi connectivity index (χ1n) is 13.3. The van der Waals surface area contributed by atoms with Crippen LogP contribution >= 0.6 is 11.3 Å². The second kappa shape index (κ2) is 7.83. The molecule has 182 valence electrons. The zero-order valence-corrected chi connectivity index (χ0v) is 21.8. The van der Waals surface area contributed by atoms with E-state index in [0.717, 1.165) is 0 Å². The van der Waals surface area contributed by atoms with Gasteiger partial charge in [0.2, 0.25) is 0 Å². The van der Waals surface area contributed by atoms with Crippen LogP contribution in [0.1, 0.15) is 0 Å². The van der Waals surface area contributed by atoms with E-state index < -0.39 is 0 Å². The lowest BCUT2D eigenvalue weighted by Crippen LogP contribution is -1.93. The summed E-state index contributed by atoms with van der Waals surface area (Å²) in [7, 11) is 0. The SMILES string of the molecule is c1ccc(-c2ccc(-n3c4ccccc4c4cc5c(cc43)sc3ccc4c6ccccc6[nH]c4c35)cc2)cc1. The van der Waals surface area contributed by atoms with E-state index in [1.165, 1.54) is 80.6 Å². The predicted octanol–water partition coefficient (Wildman–Crippen LogP) is 10.5. The molecule has 1 N–H and O–H groups in total. The molecule has 0 saturated heterocycles. The molecule has 2 nitrogen and oxygen atoms in total. The van der Waals surface area contributed by atoms with Crippen molar-refractivity contribution in [2.75, 3.05) is 0 Å². The van der Waals surface area contributed by atoms with Crippen molar-refractivity contribution in [1.29, 1.82) is 0 Å². The number of H-pyrrole nitrogens is 1. The maximum Gasteiger partial charge on any atom is 0.0559 e. The van der Waals surface area contributed by atoms with Crippen molar-refractivity contribution in [2.24, 2.45) is 0 Å². The molecule has 39 heavy (non-hydrogen) atoms. The standard InChI is InChI=1S/C36H22N2S/c1-2-8-22(9-3-1)23-14-16-24(17-15-23)38-31-13-7-5-11-26(31)28-20-29-34(21-32(28)38)39-33-19-18-27-25-10-4-6-12-30(25)37-36(27)35(29)33/h1-21,37H. The van der Waals surface area contributed by atoms with Gasteiger partial charge in [-0.15, -0.1) is 11.3 Å². The second-order valence-corrected chi connectivity index (χ2v) is 11.3. The molecule has 3 heteroatoms. The second-order valence-electron chi connectivity index (χ2n) is 10.3. The van der Waals surface area contributed by atoms with Crippen molar-refractivity contribution in [3.8, 4) is 16.8 Å². The zero-order chi connectivity index (χ0) is 25.5. The molecular weight excluding hydrogens is 492 g/mol. The van der Waals surface area contributed by atoms with Crippen molar-refractivity contribution >= 4 is 75.1 Å². The maximum atomic E-state index is 3.74. The molecule has 0 aliphatic carbocycles. The molecule has 0 fully saturated rings. The van der Waals surface area contributed by atoms with Crippen molar-refractivity contribution in [1.82, 2.24) is 9.55 Å². The van der Waals surface area contributed by atoms with Crippen LogP contribution in [0, 0.1) is 0 Å². The van der Waals surface area contributed by atoms with Gasteiger partial charge >= 0.3 is 0 Å². The third kappa shape index (κ3) is 2.96. The Bertz CT molecular complexity index is 2370. The van der Waals surface area contributed by atoms with Crippen LogP contribution in [0.25, 0.3) is 80.6 Å². The van der Waals surface area contributed by atoms with Gasteiger partial charge in [0.25, 0.3) is 0 Å². The van der Waals surface area contributed by atoms with Crippen LogP contribution in [0.4, 0.5) is 0 Å². The number of aromatic nitrogens is 2. The van der Waals surface area contributed by atoms with E-state index in [1.54, 1.807) is 0 Å². The maximum absolute atomic E-state index is 3.74. The van der Waals surface area contributed by atoms with E-state index in [1.807, 2.05) is 11.3 Å². The van der Waals surface area contributed by atoms with Crippen LogP contribution < -0.4 is 0 Å². The summed E-state index contributed by atoms with van der Waals surface area (Å²) in [6, 6.07) is 46.3. The highest BCUT2D eigenvalue weighted by atomic mass is 32.1. The quantitative estimate of drug-likeness (QED) is 0.237. The number of hydrogen-bond acceptors (Lipinski definition) is 1. The lowest BCUT2D eigenvalue weighted by Gasteiger charge is -2.09. The average Bonchev–Trinajstić information content (AvgIpc) is 3.65. The molecule has 0 radical (unpaired) electrons. The van der Waals surface area contributed by atoms with Crippen molar-refractivity contribution in [2.45, 2.75) is 0 Å². The molecule has 3 heterocycles. The minimum Gasteiger partial charge on any atom is -0.354 e. The lowest BCUT2D eigenvalue weighted by atomic mass is 10.1. The van der Waals surface area contributed by atoms with Gasteiger partial charge in [-0.05, 0) is 53.6 Å². The Labute approximate surface area is 228 Å². The highest BCUT2D eigenvalue weighted by Crippen LogP contribution is 2.44. The highest BCUT2D eigenvalue weighted by Gasteiger charge is 2.17. The van der Waals surface area contributed by atoms with Gasteiger partial charge in [0.15, 0.2) is 0 Å². The van der Waals surface area contributed by atoms with E-state index in [-0.39, 0.29) is 0 Å². The monoisotopic (exact) mass is 514 g/mol. The molecule has 0 aliphatic rings. The van der Waals surface area contributed by atoms with Gasteiger partial charge < -0.3 is 9.55 Å². The minimum absolute atomic E-state index is 1.18. The summed E-state index contributed by atoms with van der Waals surface area (Å²) in [6.07, 6.45) is 0. The van der Waals surface area contributed by atoms with Crippen LogP contribution in [-0.2, 0) is 0 Å². The summed E-state index contributed by atoms with van der Waals surface area (Å²) >= 11 is 1.88. The Morgan fingerprint density at radius 1 is 0.487 bits per heavy atom. The summed E-state index contributed by atoms with van der Waals surface area (Å²) in [5.74, 6) is 0. The van der Waals surface area contributed by atoms with Crippen LogP contribution in [-0.4, -0.2) is 9.55 Å². The number of benzene rings is 6. The molecule has 0 saturated carbocycles.